The maximum absolute atomic E-state index is 13.1. The lowest BCUT2D eigenvalue weighted by molar-refractivity contribution is -0.132. The van der Waals surface area contributed by atoms with Gasteiger partial charge >= 0.3 is 6.03 Å². The van der Waals surface area contributed by atoms with Crippen molar-refractivity contribution in [3.05, 3.63) is 11.9 Å². The zero-order chi connectivity index (χ0) is 35.1. The Labute approximate surface area is 273 Å². The van der Waals surface area contributed by atoms with E-state index in [2.05, 4.69) is 36.9 Å². The number of rotatable bonds is 21. The molecule has 0 aliphatic heterocycles. The highest BCUT2D eigenvalue weighted by Crippen LogP contribution is 2.20. The smallest absolute Gasteiger partial charge is 0.312 e. The second kappa shape index (κ2) is 19.2. The molecule has 0 bridgehead atoms. The molecule has 1 aromatic heterocycles. The lowest BCUT2D eigenvalue weighted by Crippen LogP contribution is -2.54. The second-order valence-electron chi connectivity index (χ2n) is 13.4. The van der Waals surface area contributed by atoms with Crippen LogP contribution in [0.3, 0.4) is 0 Å². The average Bonchev–Trinajstić information content (AvgIpc) is 3.45. The van der Waals surface area contributed by atoms with Crippen molar-refractivity contribution >= 4 is 29.5 Å². The van der Waals surface area contributed by atoms with Crippen molar-refractivity contribution in [1.29, 1.82) is 0 Å². The Balaban J connectivity index is 2.67. The number of urea groups is 1. The van der Waals surface area contributed by atoms with E-state index in [1.54, 1.807) is 38.7 Å². The molecule has 7 N–H and O–H groups in total. The van der Waals surface area contributed by atoms with Gasteiger partial charge in [-0.2, -0.15) is 0 Å². The van der Waals surface area contributed by atoms with E-state index < -0.39 is 36.0 Å². The number of amides is 5. The van der Waals surface area contributed by atoms with Crippen molar-refractivity contribution in [1.82, 2.24) is 41.6 Å². The molecule has 0 radical (unpaired) electrons. The zero-order valence-corrected chi connectivity index (χ0v) is 29.1. The van der Waals surface area contributed by atoms with Gasteiger partial charge in [-0.05, 0) is 73.3 Å². The van der Waals surface area contributed by atoms with Crippen LogP contribution in [0.4, 0.5) is 4.79 Å². The number of carbonyl (C=O) groups excluding carboxylic acids is 5. The Hall–Kier alpha value is -3.59. The average molecular weight is 652 g/mol. The molecule has 1 heterocycles. The van der Waals surface area contributed by atoms with Crippen LogP contribution in [0.15, 0.2) is 6.20 Å². The van der Waals surface area contributed by atoms with Gasteiger partial charge < -0.3 is 37.1 Å². The van der Waals surface area contributed by atoms with E-state index in [1.165, 1.54) is 0 Å². The van der Waals surface area contributed by atoms with Gasteiger partial charge in [-0.25, -0.2) is 9.48 Å². The number of Topliss-reactive ketones (excluding diaryl/α,β-unsaturated/α-hetero) is 1. The minimum absolute atomic E-state index is 0.00740. The number of likely N-dealkylation sites (N-methyl/N-ethyl adjacent to an activating group) is 1. The summed E-state index contributed by atoms with van der Waals surface area (Å²) in [5.41, 5.74) is 5.12. The van der Waals surface area contributed by atoms with Gasteiger partial charge in [0.2, 0.25) is 17.7 Å². The normalized spacial score (nSPS) is 13.9. The number of hydrogen-bond acceptors (Lipinski definition) is 9. The van der Waals surface area contributed by atoms with Crippen LogP contribution in [-0.4, -0.2) is 88.5 Å². The first-order chi connectivity index (χ1) is 21.4. The number of hydrogen-bond donors (Lipinski definition) is 6. The summed E-state index contributed by atoms with van der Waals surface area (Å²) in [6.07, 6.45) is 3.70. The van der Waals surface area contributed by atoms with Crippen molar-refractivity contribution in [3.8, 4) is 0 Å². The monoisotopic (exact) mass is 651 g/mol. The van der Waals surface area contributed by atoms with Crippen LogP contribution in [-0.2, 0) is 36.0 Å². The van der Waals surface area contributed by atoms with E-state index in [1.807, 2.05) is 34.6 Å². The molecule has 0 aromatic carbocycles. The molecular weight excluding hydrogens is 594 g/mol. The summed E-state index contributed by atoms with van der Waals surface area (Å²) in [6, 6.07) is -2.95. The third kappa shape index (κ3) is 15.1. The second-order valence-corrected chi connectivity index (χ2v) is 13.4. The number of nitrogens with zero attached hydrogens (tertiary/aromatic N) is 3. The molecule has 0 aliphatic rings. The Morgan fingerprint density at radius 3 is 2.22 bits per heavy atom. The summed E-state index contributed by atoms with van der Waals surface area (Å²) in [4.78, 5) is 62.2. The quantitative estimate of drug-likeness (QED) is 0.105. The molecule has 46 heavy (non-hydrogen) atoms. The molecule has 3 unspecified atom stereocenters. The van der Waals surface area contributed by atoms with Crippen LogP contribution < -0.4 is 32.3 Å². The number of nitrogens with one attached hydrogen (secondary N) is 5. The molecule has 0 spiro atoms. The molecular formula is C31H57N9O6. The first kappa shape index (κ1) is 40.4. The lowest BCUT2D eigenvalue weighted by Gasteiger charge is -2.27. The highest BCUT2D eigenvalue weighted by Gasteiger charge is 2.29. The van der Waals surface area contributed by atoms with Gasteiger partial charge in [0, 0.05) is 26.0 Å². The van der Waals surface area contributed by atoms with Gasteiger partial charge in [-0.1, -0.05) is 26.0 Å². The maximum Gasteiger partial charge on any atom is 0.312 e. The Bertz CT molecular complexity index is 1150. The molecule has 1 aromatic rings. The van der Waals surface area contributed by atoms with Gasteiger partial charge in [0.1, 0.15) is 11.7 Å². The number of aromatic nitrogens is 3. The molecule has 0 aliphatic carbocycles. The highest BCUT2D eigenvalue weighted by molar-refractivity contribution is 5.93. The van der Waals surface area contributed by atoms with Crippen molar-refractivity contribution in [3.63, 3.8) is 0 Å². The molecule has 262 valence electrons. The largest absolute Gasteiger partial charge is 0.376 e. The van der Waals surface area contributed by atoms with Gasteiger partial charge in [0.25, 0.3) is 0 Å². The van der Waals surface area contributed by atoms with Crippen molar-refractivity contribution in [2.75, 3.05) is 20.2 Å². The van der Waals surface area contributed by atoms with E-state index in [4.69, 9.17) is 10.5 Å². The first-order valence-electron chi connectivity index (χ1n) is 16.1. The summed E-state index contributed by atoms with van der Waals surface area (Å²) in [6.45, 7) is 16.4. The topological polar surface area (TPSA) is 211 Å². The fourth-order valence-electron chi connectivity index (χ4n) is 4.50. The Morgan fingerprint density at radius 1 is 0.978 bits per heavy atom. The van der Waals surface area contributed by atoms with Crippen LogP contribution >= 0.6 is 0 Å². The van der Waals surface area contributed by atoms with Crippen LogP contribution in [0.5, 0.6) is 0 Å². The summed E-state index contributed by atoms with van der Waals surface area (Å²) in [7, 11) is 1.63. The van der Waals surface area contributed by atoms with Gasteiger partial charge in [-0.15, -0.1) is 5.10 Å². The molecule has 5 amide bonds. The number of ether oxygens (including phenoxy) is 1. The minimum Gasteiger partial charge on any atom is -0.376 e. The molecule has 3 atom stereocenters. The molecule has 0 saturated carbocycles. The maximum atomic E-state index is 13.1. The molecule has 15 heteroatoms. The van der Waals surface area contributed by atoms with E-state index >= 15 is 0 Å². The molecule has 0 fully saturated rings. The number of ketones is 1. The van der Waals surface area contributed by atoms with Gasteiger partial charge in [0.15, 0.2) is 5.78 Å². The Morgan fingerprint density at radius 2 is 1.65 bits per heavy atom. The summed E-state index contributed by atoms with van der Waals surface area (Å²) in [5, 5.41) is 22.2. The number of nitrogens with two attached hydrogens (primary N) is 1. The number of primary amides is 1. The van der Waals surface area contributed by atoms with Crippen LogP contribution in [0, 0.1) is 5.92 Å². The molecule has 1 rings (SSSR count). The van der Waals surface area contributed by atoms with E-state index in [-0.39, 0.29) is 61.1 Å². The standard InChI is InChI=1S/C31H57N9O6/c1-10-24(41)22(12-11-16-34-29(32)45)36-28(44)26(20(2)3)37-25(42)14-13-23(33-9)27(43)35-18-21-19-40(39-38-21)31(7,8)15-17-46-30(4,5)6/h19-20,22-23,26,33H,10-18H2,1-9H3,(H,35,43)(H,36,44)(H,37,42)(H3,32,34,45). The summed E-state index contributed by atoms with van der Waals surface area (Å²) in [5.74, 6) is -1.58. The van der Waals surface area contributed by atoms with E-state index in [0.29, 0.717) is 25.1 Å². The van der Waals surface area contributed by atoms with Crippen molar-refractivity contribution in [2.24, 2.45) is 11.7 Å². The molecule has 0 saturated heterocycles. The van der Waals surface area contributed by atoms with Crippen LogP contribution in [0.2, 0.25) is 0 Å². The fourth-order valence-corrected chi connectivity index (χ4v) is 4.50. The Kier molecular flexibility index (Phi) is 16.8. The molecule has 15 nitrogen and oxygen atoms in total. The SMILES string of the molecule is CCC(=O)C(CCCNC(N)=O)NC(=O)C(NC(=O)CCC(NC)C(=O)NCc1cn(C(C)(C)CCOC(C)(C)C)nn1)C(C)C. The van der Waals surface area contributed by atoms with Gasteiger partial charge in [0.05, 0.1) is 36.0 Å². The lowest BCUT2D eigenvalue weighted by atomic mass is 10.00. The van der Waals surface area contributed by atoms with Gasteiger partial charge in [-0.3, -0.25) is 19.2 Å². The van der Waals surface area contributed by atoms with Crippen LogP contribution in [0.25, 0.3) is 0 Å². The van der Waals surface area contributed by atoms with E-state index in [9.17, 15) is 24.0 Å². The summed E-state index contributed by atoms with van der Waals surface area (Å²) < 4.78 is 7.61. The highest BCUT2D eigenvalue weighted by atomic mass is 16.5. The zero-order valence-electron chi connectivity index (χ0n) is 29.1. The van der Waals surface area contributed by atoms with Crippen molar-refractivity contribution < 1.29 is 28.7 Å². The first-order valence-corrected chi connectivity index (χ1v) is 16.1. The third-order valence-electron chi connectivity index (χ3n) is 7.47. The predicted octanol–water partition coefficient (Wildman–Crippen LogP) is 1.26. The fraction of sp³-hybridized carbons (Fsp3) is 0.774. The minimum atomic E-state index is -0.878. The van der Waals surface area contributed by atoms with Crippen molar-refractivity contribution in [2.45, 2.75) is 130 Å². The predicted molar refractivity (Wildman–Crippen MR) is 174 cm³/mol. The van der Waals surface area contributed by atoms with Crippen LogP contribution in [0.1, 0.15) is 99.6 Å². The number of carbonyl (C=O) groups is 5. The third-order valence-corrected chi connectivity index (χ3v) is 7.47. The van der Waals surface area contributed by atoms with E-state index in [0.717, 1.165) is 6.42 Å². The summed E-state index contributed by atoms with van der Waals surface area (Å²) >= 11 is 0.